The minimum absolute atomic E-state index is 0.119. The van der Waals surface area contributed by atoms with Crippen molar-refractivity contribution in [3.8, 4) is 0 Å². The molecule has 14 heavy (non-hydrogen) atoms. The van der Waals surface area contributed by atoms with Gasteiger partial charge in [-0.25, -0.2) is 5.06 Å². The van der Waals surface area contributed by atoms with Crippen molar-refractivity contribution < 1.29 is 9.63 Å². The Morgan fingerprint density at radius 3 is 2.93 bits per heavy atom. The number of hydrogen-bond donors (Lipinski definition) is 1. The SMILES string of the molecule is CC1NCCC1C(=O)N1CCCCO1. The zero-order valence-corrected chi connectivity index (χ0v) is 8.66. The normalized spacial score (nSPS) is 33.4. The van der Waals surface area contributed by atoms with Gasteiger partial charge in [-0.2, -0.15) is 0 Å². The number of hydrogen-bond acceptors (Lipinski definition) is 3. The van der Waals surface area contributed by atoms with Crippen molar-refractivity contribution in [3.63, 3.8) is 0 Å². The van der Waals surface area contributed by atoms with Crippen LogP contribution in [0.1, 0.15) is 26.2 Å². The summed E-state index contributed by atoms with van der Waals surface area (Å²) >= 11 is 0. The van der Waals surface area contributed by atoms with Gasteiger partial charge in [-0.3, -0.25) is 9.63 Å². The molecule has 1 N–H and O–H groups in total. The summed E-state index contributed by atoms with van der Waals surface area (Å²) in [7, 11) is 0. The lowest BCUT2D eigenvalue weighted by atomic mass is 10.0. The second kappa shape index (κ2) is 4.28. The van der Waals surface area contributed by atoms with Gasteiger partial charge < -0.3 is 5.32 Å². The first-order valence-corrected chi connectivity index (χ1v) is 5.47. The lowest BCUT2D eigenvalue weighted by Crippen LogP contribution is -2.42. The van der Waals surface area contributed by atoms with E-state index in [4.69, 9.17) is 4.84 Å². The average molecular weight is 198 g/mol. The quantitative estimate of drug-likeness (QED) is 0.668. The Hall–Kier alpha value is -0.610. The molecule has 80 valence electrons. The highest BCUT2D eigenvalue weighted by atomic mass is 16.7. The topological polar surface area (TPSA) is 41.6 Å². The third-order valence-electron chi connectivity index (χ3n) is 3.09. The molecule has 4 heteroatoms. The van der Waals surface area contributed by atoms with Crippen LogP contribution in [0.25, 0.3) is 0 Å². The molecule has 2 unspecified atom stereocenters. The van der Waals surface area contributed by atoms with Crippen molar-refractivity contribution >= 4 is 5.91 Å². The minimum atomic E-state index is 0.119. The third-order valence-corrected chi connectivity index (χ3v) is 3.09. The second-order valence-corrected chi connectivity index (χ2v) is 4.12. The van der Waals surface area contributed by atoms with Crippen LogP contribution >= 0.6 is 0 Å². The van der Waals surface area contributed by atoms with Crippen molar-refractivity contribution in [3.05, 3.63) is 0 Å². The molecular weight excluding hydrogens is 180 g/mol. The summed E-state index contributed by atoms with van der Waals surface area (Å²) in [5, 5.41) is 4.85. The fourth-order valence-corrected chi connectivity index (χ4v) is 2.15. The molecule has 0 bridgehead atoms. The monoisotopic (exact) mass is 198 g/mol. The van der Waals surface area contributed by atoms with Gasteiger partial charge in [0.05, 0.1) is 12.5 Å². The van der Waals surface area contributed by atoms with E-state index in [1.54, 1.807) is 5.06 Å². The minimum Gasteiger partial charge on any atom is -0.313 e. The highest BCUT2D eigenvalue weighted by molar-refractivity contribution is 5.79. The molecule has 2 heterocycles. The van der Waals surface area contributed by atoms with Gasteiger partial charge in [0.25, 0.3) is 5.91 Å². The molecule has 2 aliphatic heterocycles. The first kappa shape index (κ1) is 9.93. The number of rotatable bonds is 1. The Kier molecular flexibility index (Phi) is 3.03. The fourth-order valence-electron chi connectivity index (χ4n) is 2.15. The van der Waals surface area contributed by atoms with E-state index in [1.165, 1.54) is 0 Å². The smallest absolute Gasteiger partial charge is 0.250 e. The molecule has 0 radical (unpaired) electrons. The van der Waals surface area contributed by atoms with Gasteiger partial charge in [0.1, 0.15) is 0 Å². The molecule has 2 fully saturated rings. The number of nitrogens with one attached hydrogen (secondary N) is 1. The van der Waals surface area contributed by atoms with E-state index in [-0.39, 0.29) is 11.8 Å². The van der Waals surface area contributed by atoms with Crippen LogP contribution in [0.15, 0.2) is 0 Å². The lowest BCUT2D eigenvalue weighted by Gasteiger charge is -2.29. The van der Waals surface area contributed by atoms with Crippen LogP contribution in [0.5, 0.6) is 0 Å². The molecule has 2 aliphatic rings. The summed E-state index contributed by atoms with van der Waals surface area (Å²) in [6, 6.07) is 0.299. The Balaban J connectivity index is 1.92. The standard InChI is InChI=1S/C10H18N2O2/c1-8-9(4-5-11-8)10(13)12-6-2-3-7-14-12/h8-9,11H,2-7H2,1H3. The van der Waals surface area contributed by atoms with Crippen LogP contribution in [0.4, 0.5) is 0 Å². The molecule has 1 amide bonds. The number of carbonyl (C=O) groups excluding carboxylic acids is 1. The second-order valence-electron chi connectivity index (χ2n) is 4.12. The maximum absolute atomic E-state index is 12.0. The Labute approximate surface area is 84.6 Å². The van der Waals surface area contributed by atoms with Crippen molar-refractivity contribution in [1.29, 1.82) is 0 Å². The number of nitrogens with zero attached hydrogens (tertiary/aromatic N) is 1. The summed E-state index contributed by atoms with van der Waals surface area (Å²) < 4.78 is 0. The molecule has 0 aromatic carbocycles. The van der Waals surface area contributed by atoms with Crippen LogP contribution in [0.2, 0.25) is 0 Å². The molecule has 2 saturated heterocycles. The number of amides is 1. The van der Waals surface area contributed by atoms with Crippen molar-refractivity contribution in [2.75, 3.05) is 19.7 Å². The molecule has 4 nitrogen and oxygen atoms in total. The largest absolute Gasteiger partial charge is 0.313 e. The summed E-state index contributed by atoms with van der Waals surface area (Å²) in [6.07, 6.45) is 3.09. The van der Waals surface area contributed by atoms with Crippen LogP contribution in [0.3, 0.4) is 0 Å². The highest BCUT2D eigenvalue weighted by Crippen LogP contribution is 2.20. The maximum atomic E-state index is 12.0. The molecule has 0 spiro atoms. The molecule has 0 saturated carbocycles. The molecule has 0 aromatic rings. The van der Waals surface area contributed by atoms with E-state index < -0.39 is 0 Å². The van der Waals surface area contributed by atoms with Crippen LogP contribution < -0.4 is 5.32 Å². The van der Waals surface area contributed by atoms with Gasteiger partial charge in [0.2, 0.25) is 0 Å². The van der Waals surface area contributed by atoms with Crippen molar-refractivity contribution in [2.45, 2.75) is 32.2 Å². The predicted molar refractivity (Wildman–Crippen MR) is 52.5 cm³/mol. The summed E-state index contributed by atoms with van der Waals surface area (Å²) in [5.41, 5.74) is 0. The average Bonchev–Trinajstić information content (AvgIpc) is 2.65. The van der Waals surface area contributed by atoms with Gasteiger partial charge in [0, 0.05) is 12.6 Å². The van der Waals surface area contributed by atoms with Crippen LogP contribution in [-0.4, -0.2) is 36.7 Å². The summed E-state index contributed by atoms with van der Waals surface area (Å²) in [5.74, 6) is 0.287. The van der Waals surface area contributed by atoms with E-state index in [0.717, 1.165) is 32.4 Å². The van der Waals surface area contributed by atoms with E-state index >= 15 is 0 Å². The van der Waals surface area contributed by atoms with Crippen LogP contribution in [-0.2, 0) is 9.63 Å². The predicted octanol–water partition coefficient (Wildman–Crippen LogP) is 0.538. The van der Waals surface area contributed by atoms with Crippen molar-refractivity contribution in [2.24, 2.45) is 5.92 Å². The Morgan fingerprint density at radius 1 is 1.50 bits per heavy atom. The highest BCUT2D eigenvalue weighted by Gasteiger charge is 2.33. The first-order chi connectivity index (χ1) is 6.79. The van der Waals surface area contributed by atoms with E-state index in [0.29, 0.717) is 12.6 Å². The maximum Gasteiger partial charge on any atom is 0.250 e. The Bertz CT molecular complexity index is 214. The van der Waals surface area contributed by atoms with E-state index in [1.807, 2.05) is 0 Å². The number of carbonyl (C=O) groups is 1. The van der Waals surface area contributed by atoms with Gasteiger partial charge in [-0.15, -0.1) is 0 Å². The fraction of sp³-hybridized carbons (Fsp3) is 0.900. The van der Waals surface area contributed by atoms with Crippen LogP contribution in [0, 0.1) is 5.92 Å². The lowest BCUT2D eigenvalue weighted by molar-refractivity contribution is -0.201. The van der Waals surface area contributed by atoms with Gasteiger partial charge in [-0.1, -0.05) is 0 Å². The zero-order chi connectivity index (χ0) is 9.97. The Morgan fingerprint density at radius 2 is 2.36 bits per heavy atom. The molecule has 2 rings (SSSR count). The van der Waals surface area contributed by atoms with E-state index in [9.17, 15) is 4.79 Å². The van der Waals surface area contributed by atoms with E-state index in [2.05, 4.69) is 12.2 Å². The summed E-state index contributed by atoms with van der Waals surface area (Å²) in [6.45, 7) is 4.48. The van der Waals surface area contributed by atoms with Gasteiger partial charge in [-0.05, 0) is 32.7 Å². The van der Waals surface area contributed by atoms with Crippen molar-refractivity contribution in [1.82, 2.24) is 10.4 Å². The molecular formula is C10H18N2O2. The van der Waals surface area contributed by atoms with Gasteiger partial charge in [0.15, 0.2) is 0 Å². The number of hydroxylamine groups is 2. The first-order valence-electron chi connectivity index (χ1n) is 5.47. The third kappa shape index (κ3) is 1.91. The summed E-state index contributed by atoms with van der Waals surface area (Å²) in [4.78, 5) is 17.3. The molecule has 2 atom stereocenters. The van der Waals surface area contributed by atoms with Gasteiger partial charge >= 0.3 is 0 Å². The zero-order valence-electron chi connectivity index (χ0n) is 8.66. The molecule has 0 aliphatic carbocycles. The molecule has 0 aromatic heterocycles.